The molecule has 1 heterocycles. The van der Waals surface area contributed by atoms with Crippen LogP contribution >= 0.6 is 0 Å². The summed E-state index contributed by atoms with van der Waals surface area (Å²) in [5.74, 6) is 0.0798. The van der Waals surface area contributed by atoms with Crippen LogP contribution in [0.4, 0.5) is 5.69 Å². The van der Waals surface area contributed by atoms with Crippen LogP contribution in [0.25, 0.3) is 0 Å². The van der Waals surface area contributed by atoms with Crippen molar-refractivity contribution in [3.8, 4) is 0 Å². The van der Waals surface area contributed by atoms with Crippen LogP contribution in [0.2, 0.25) is 0 Å². The number of para-hydroxylation sites is 1. The van der Waals surface area contributed by atoms with Gasteiger partial charge in [-0.1, -0.05) is 60.7 Å². The van der Waals surface area contributed by atoms with Gasteiger partial charge in [0.15, 0.2) is 0 Å². The summed E-state index contributed by atoms with van der Waals surface area (Å²) in [6.45, 7) is 1.43. The van der Waals surface area contributed by atoms with E-state index in [2.05, 4.69) is 17.4 Å². The van der Waals surface area contributed by atoms with Crippen molar-refractivity contribution >= 4 is 17.5 Å². The number of likely N-dealkylation sites (tertiary alicyclic amines) is 1. The zero-order chi connectivity index (χ0) is 20.1. The largest absolute Gasteiger partial charge is 0.338 e. The SMILES string of the molecule is O=C(Nc1ccccc1Cc1ccccc1)c1ccc(CN2CCCC2=O)cc1. The molecule has 4 heteroatoms. The Morgan fingerprint density at radius 1 is 0.862 bits per heavy atom. The molecule has 29 heavy (non-hydrogen) atoms. The topological polar surface area (TPSA) is 49.4 Å². The molecule has 1 aliphatic heterocycles. The normalized spacial score (nSPS) is 13.5. The third kappa shape index (κ3) is 4.72. The van der Waals surface area contributed by atoms with E-state index in [9.17, 15) is 9.59 Å². The zero-order valence-corrected chi connectivity index (χ0v) is 16.3. The average Bonchev–Trinajstić information content (AvgIpc) is 3.15. The van der Waals surface area contributed by atoms with Gasteiger partial charge in [0.1, 0.15) is 0 Å². The van der Waals surface area contributed by atoms with Crippen molar-refractivity contribution in [2.75, 3.05) is 11.9 Å². The summed E-state index contributed by atoms with van der Waals surface area (Å²) < 4.78 is 0. The van der Waals surface area contributed by atoms with Crippen molar-refractivity contribution in [1.29, 1.82) is 0 Å². The lowest BCUT2D eigenvalue weighted by Gasteiger charge is -2.16. The van der Waals surface area contributed by atoms with Gasteiger partial charge in [-0.15, -0.1) is 0 Å². The smallest absolute Gasteiger partial charge is 0.255 e. The Hall–Kier alpha value is -3.40. The summed E-state index contributed by atoms with van der Waals surface area (Å²) in [5.41, 5.74) is 4.76. The lowest BCUT2D eigenvalue weighted by atomic mass is 10.0. The Morgan fingerprint density at radius 3 is 2.31 bits per heavy atom. The van der Waals surface area contributed by atoms with E-state index in [-0.39, 0.29) is 11.8 Å². The first-order chi connectivity index (χ1) is 14.2. The van der Waals surface area contributed by atoms with Crippen LogP contribution < -0.4 is 5.32 Å². The molecule has 1 N–H and O–H groups in total. The molecular weight excluding hydrogens is 360 g/mol. The number of hydrogen-bond donors (Lipinski definition) is 1. The van der Waals surface area contributed by atoms with Crippen molar-refractivity contribution < 1.29 is 9.59 Å². The number of nitrogens with one attached hydrogen (secondary N) is 1. The number of carbonyl (C=O) groups excluding carboxylic acids is 2. The molecular formula is C25H24N2O2. The van der Waals surface area contributed by atoms with Gasteiger partial charge in [0, 0.05) is 30.8 Å². The molecule has 0 spiro atoms. The van der Waals surface area contributed by atoms with E-state index in [0.717, 1.165) is 36.2 Å². The van der Waals surface area contributed by atoms with Crippen LogP contribution in [0.3, 0.4) is 0 Å². The van der Waals surface area contributed by atoms with E-state index in [4.69, 9.17) is 0 Å². The van der Waals surface area contributed by atoms with Crippen LogP contribution in [0, 0.1) is 0 Å². The fourth-order valence-electron chi connectivity index (χ4n) is 3.66. The first-order valence-corrected chi connectivity index (χ1v) is 9.99. The minimum Gasteiger partial charge on any atom is -0.338 e. The Kier molecular flexibility index (Phi) is 5.71. The summed E-state index contributed by atoms with van der Waals surface area (Å²) in [5, 5.41) is 3.04. The van der Waals surface area contributed by atoms with E-state index in [0.29, 0.717) is 18.5 Å². The van der Waals surface area contributed by atoms with Gasteiger partial charge in [-0.25, -0.2) is 0 Å². The second-order valence-corrected chi connectivity index (χ2v) is 7.39. The van der Waals surface area contributed by atoms with E-state index >= 15 is 0 Å². The molecule has 0 saturated carbocycles. The van der Waals surface area contributed by atoms with Gasteiger partial charge < -0.3 is 10.2 Å². The fraction of sp³-hybridized carbons (Fsp3) is 0.200. The molecule has 3 aromatic rings. The van der Waals surface area contributed by atoms with E-state index in [1.807, 2.05) is 71.6 Å². The first kappa shape index (κ1) is 18.9. The van der Waals surface area contributed by atoms with Crippen LogP contribution in [-0.2, 0) is 17.8 Å². The molecule has 4 nitrogen and oxygen atoms in total. The highest BCUT2D eigenvalue weighted by atomic mass is 16.2. The van der Waals surface area contributed by atoms with E-state index in [1.165, 1.54) is 5.56 Å². The van der Waals surface area contributed by atoms with Crippen molar-refractivity contribution in [3.05, 3.63) is 101 Å². The van der Waals surface area contributed by atoms with Crippen molar-refractivity contribution in [2.45, 2.75) is 25.8 Å². The van der Waals surface area contributed by atoms with Gasteiger partial charge in [-0.3, -0.25) is 9.59 Å². The van der Waals surface area contributed by atoms with Crippen LogP contribution in [0.5, 0.6) is 0 Å². The van der Waals surface area contributed by atoms with Gasteiger partial charge in [-0.2, -0.15) is 0 Å². The molecule has 0 aliphatic carbocycles. The van der Waals surface area contributed by atoms with Gasteiger partial charge in [0.05, 0.1) is 0 Å². The third-order valence-corrected chi connectivity index (χ3v) is 5.26. The molecule has 0 radical (unpaired) electrons. The maximum Gasteiger partial charge on any atom is 0.255 e. The number of amides is 2. The van der Waals surface area contributed by atoms with E-state index < -0.39 is 0 Å². The molecule has 146 valence electrons. The quantitative estimate of drug-likeness (QED) is 0.672. The third-order valence-electron chi connectivity index (χ3n) is 5.26. The molecule has 1 aliphatic rings. The number of nitrogens with zero attached hydrogens (tertiary/aromatic N) is 1. The maximum atomic E-state index is 12.8. The molecule has 0 aromatic heterocycles. The average molecular weight is 384 g/mol. The number of rotatable bonds is 6. The summed E-state index contributed by atoms with van der Waals surface area (Å²) in [4.78, 5) is 26.4. The number of hydrogen-bond acceptors (Lipinski definition) is 2. The Balaban J connectivity index is 1.43. The lowest BCUT2D eigenvalue weighted by Crippen LogP contribution is -2.23. The Bertz CT molecular complexity index is 997. The van der Waals surface area contributed by atoms with Gasteiger partial charge in [-0.05, 0) is 47.7 Å². The predicted octanol–water partition coefficient (Wildman–Crippen LogP) is 4.65. The van der Waals surface area contributed by atoms with E-state index in [1.54, 1.807) is 0 Å². The highest BCUT2D eigenvalue weighted by Gasteiger charge is 2.20. The first-order valence-electron chi connectivity index (χ1n) is 9.99. The van der Waals surface area contributed by atoms with Crippen molar-refractivity contribution in [2.24, 2.45) is 0 Å². The highest BCUT2D eigenvalue weighted by molar-refractivity contribution is 6.04. The maximum absolute atomic E-state index is 12.8. The molecule has 0 bridgehead atoms. The standard InChI is InChI=1S/C25H24N2O2/c28-24-11-6-16-27(24)18-20-12-14-21(15-13-20)25(29)26-23-10-5-4-9-22(23)17-19-7-2-1-3-8-19/h1-5,7-10,12-15H,6,11,16-18H2,(H,26,29). The Labute approximate surface area is 171 Å². The summed E-state index contributed by atoms with van der Waals surface area (Å²) in [6, 6.07) is 25.6. The fourth-order valence-corrected chi connectivity index (χ4v) is 3.66. The molecule has 0 unspecified atom stereocenters. The minimum atomic E-state index is -0.130. The van der Waals surface area contributed by atoms with Crippen molar-refractivity contribution in [3.63, 3.8) is 0 Å². The molecule has 0 atom stereocenters. The van der Waals surface area contributed by atoms with Crippen LogP contribution in [0.15, 0.2) is 78.9 Å². The van der Waals surface area contributed by atoms with Crippen LogP contribution in [0.1, 0.15) is 39.9 Å². The molecule has 2 amide bonds. The van der Waals surface area contributed by atoms with Crippen LogP contribution in [-0.4, -0.2) is 23.3 Å². The minimum absolute atomic E-state index is 0.130. The van der Waals surface area contributed by atoms with Gasteiger partial charge >= 0.3 is 0 Å². The molecule has 4 rings (SSSR count). The highest BCUT2D eigenvalue weighted by Crippen LogP contribution is 2.20. The summed E-state index contributed by atoms with van der Waals surface area (Å²) in [6.07, 6.45) is 2.34. The second kappa shape index (κ2) is 8.74. The summed E-state index contributed by atoms with van der Waals surface area (Å²) >= 11 is 0. The lowest BCUT2D eigenvalue weighted by molar-refractivity contribution is -0.128. The van der Waals surface area contributed by atoms with Crippen molar-refractivity contribution in [1.82, 2.24) is 4.90 Å². The summed E-state index contributed by atoms with van der Waals surface area (Å²) in [7, 11) is 0. The number of anilines is 1. The zero-order valence-electron chi connectivity index (χ0n) is 16.3. The molecule has 1 saturated heterocycles. The predicted molar refractivity (Wildman–Crippen MR) is 115 cm³/mol. The molecule has 1 fully saturated rings. The van der Waals surface area contributed by atoms with Gasteiger partial charge in [0.25, 0.3) is 5.91 Å². The second-order valence-electron chi connectivity index (χ2n) is 7.39. The Morgan fingerprint density at radius 2 is 1.59 bits per heavy atom. The van der Waals surface area contributed by atoms with Gasteiger partial charge in [0.2, 0.25) is 5.91 Å². The molecule has 3 aromatic carbocycles. The monoisotopic (exact) mass is 384 g/mol. The number of carbonyl (C=O) groups is 2. The number of benzene rings is 3.